The molecular weight excluding hydrogens is 312 g/mol. The van der Waals surface area contributed by atoms with E-state index in [-0.39, 0.29) is 12.5 Å². The number of rotatable bonds is 3. The smallest absolute Gasteiger partial charge is 0.0726 e. The van der Waals surface area contributed by atoms with Crippen molar-refractivity contribution in [2.24, 2.45) is 13.0 Å². The van der Waals surface area contributed by atoms with Crippen molar-refractivity contribution in [1.82, 2.24) is 14.8 Å². The third-order valence-corrected chi connectivity index (χ3v) is 5.49. The largest absolute Gasteiger partial charge is 0.396 e. The van der Waals surface area contributed by atoms with E-state index in [0.717, 1.165) is 24.3 Å². The van der Waals surface area contributed by atoms with Crippen molar-refractivity contribution in [1.29, 1.82) is 0 Å². The van der Waals surface area contributed by atoms with Crippen LogP contribution in [-0.2, 0) is 7.05 Å². The molecule has 2 atom stereocenters. The van der Waals surface area contributed by atoms with Gasteiger partial charge in [-0.1, -0.05) is 18.2 Å². The minimum absolute atomic E-state index is 0.192. The molecule has 0 radical (unpaired) electrons. The second-order valence-electron chi connectivity index (χ2n) is 7.09. The van der Waals surface area contributed by atoms with Gasteiger partial charge in [-0.15, -0.1) is 0 Å². The van der Waals surface area contributed by atoms with Crippen LogP contribution in [0.1, 0.15) is 22.7 Å². The summed E-state index contributed by atoms with van der Waals surface area (Å²) in [6.45, 7) is 6.16. The van der Waals surface area contributed by atoms with Gasteiger partial charge in [0.25, 0.3) is 0 Å². The highest BCUT2D eigenvalue weighted by Gasteiger charge is 2.35. The van der Waals surface area contributed by atoms with Crippen molar-refractivity contribution >= 4 is 16.6 Å². The lowest BCUT2D eigenvalue weighted by molar-refractivity contribution is 0.227. The van der Waals surface area contributed by atoms with Gasteiger partial charge in [-0.3, -0.25) is 9.67 Å². The van der Waals surface area contributed by atoms with Crippen LogP contribution in [0.15, 0.2) is 36.7 Å². The molecule has 25 heavy (non-hydrogen) atoms. The maximum Gasteiger partial charge on any atom is 0.0726 e. The van der Waals surface area contributed by atoms with E-state index in [0.29, 0.717) is 5.92 Å². The lowest BCUT2D eigenvalue weighted by Crippen LogP contribution is -2.22. The van der Waals surface area contributed by atoms with Crippen LogP contribution in [0.3, 0.4) is 0 Å². The molecule has 1 fully saturated rings. The molecule has 1 aromatic carbocycles. The lowest BCUT2D eigenvalue weighted by atomic mass is 9.92. The van der Waals surface area contributed by atoms with Crippen molar-refractivity contribution in [2.75, 3.05) is 24.6 Å². The van der Waals surface area contributed by atoms with Gasteiger partial charge in [-0.05, 0) is 31.0 Å². The number of anilines is 1. The Labute approximate surface area is 147 Å². The molecule has 1 N–H and O–H groups in total. The zero-order valence-electron chi connectivity index (χ0n) is 15.0. The van der Waals surface area contributed by atoms with E-state index in [1.807, 2.05) is 24.0 Å². The number of aliphatic hydroxyl groups is 1. The predicted octanol–water partition coefficient (Wildman–Crippen LogP) is 2.80. The van der Waals surface area contributed by atoms with Crippen LogP contribution in [-0.4, -0.2) is 39.6 Å². The highest BCUT2D eigenvalue weighted by Crippen LogP contribution is 2.39. The van der Waals surface area contributed by atoms with E-state index >= 15 is 0 Å². The Morgan fingerprint density at radius 2 is 2.00 bits per heavy atom. The Hall–Kier alpha value is -2.40. The van der Waals surface area contributed by atoms with Gasteiger partial charge in [0.1, 0.15) is 0 Å². The van der Waals surface area contributed by atoms with E-state index in [4.69, 9.17) is 4.98 Å². The third kappa shape index (κ3) is 2.68. The second-order valence-corrected chi connectivity index (χ2v) is 7.09. The molecule has 0 unspecified atom stereocenters. The maximum absolute atomic E-state index is 9.94. The molecule has 130 valence electrons. The molecule has 0 aliphatic carbocycles. The van der Waals surface area contributed by atoms with Crippen molar-refractivity contribution in [2.45, 2.75) is 19.8 Å². The summed E-state index contributed by atoms with van der Waals surface area (Å²) in [5.74, 6) is 0.515. The fourth-order valence-electron chi connectivity index (χ4n) is 4.06. The first-order chi connectivity index (χ1) is 12.1. The van der Waals surface area contributed by atoms with Gasteiger partial charge >= 0.3 is 0 Å². The standard InChI is InChI=1S/C20H24N4O/c1-13-14(2)22-19-7-5-4-6-17(19)20(13)24-10-16(12-25)18(11-24)15-8-21-23(3)9-15/h4-9,16,18,25H,10-12H2,1-3H3/t16-,18-/m0/s1. The summed E-state index contributed by atoms with van der Waals surface area (Å²) in [5, 5.41) is 15.4. The minimum Gasteiger partial charge on any atom is -0.396 e. The van der Waals surface area contributed by atoms with E-state index in [2.05, 4.69) is 48.2 Å². The summed E-state index contributed by atoms with van der Waals surface area (Å²) < 4.78 is 1.84. The molecule has 3 aromatic rings. The number of para-hydroxylation sites is 1. The first-order valence-electron chi connectivity index (χ1n) is 8.78. The van der Waals surface area contributed by atoms with Gasteiger partial charge in [-0.2, -0.15) is 5.10 Å². The third-order valence-electron chi connectivity index (χ3n) is 5.49. The number of pyridine rings is 1. The molecule has 1 saturated heterocycles. The molecule has 0 spiro atoms. The molecule has 3 heterocycles. The van der Waals surface area contributed by atoms with E-state index in [1.165, 1.54) is 22.2 Å². The van der Waals surface area contributed by atoms with Gasteiger partial charge in [0.15, 0.2) is 0 Å². The fourth-order valence-corrected chi connectivity index (χ4v) is 4.06. The number of hydrogen-bond donors (Lipinski definition) is 1. The summed E-state index contributed by atoms with van der Waals surface area (Å²) in [5.41, 5.74) is 5.79. The van der Waals surface area contributed by atoms with Crippen LogP contribution in [0.2, 0.25) is 0 Å². The molecular formula is C20H24N4O. The zero-order valence-corrected chi connectivity index (χ0v) is 15.0. The molecule has 4 rings (SSSR count). The average Bonchev–Trinajstić information content (AvgIpc) is 3.22. The van der Waals surface area contributed by atoms with Crippen LogP contribution in [0.5, 0.6) is 0 Å². The van der Waals surface area contributed by atoms with Crippen molar-refractivity contribution in [3.8, 4) is 0 Å². The number of aromatic nitrogens is 3. The fraction of sp³-hybridized carbons (Fsp3) is 0.400. The number of aliphatic hydroxyl groups excluding tert-OH is 1. The maximum atomic E-state index is 9.94. The van der Waals surface area contributed by atoms with Gasteiger partial charge in [0.05, 0.1) is 17.4 Å². The Balaban J connectivity index is 1.78. The summed E-state index contributed by atoms with van der Waals surface area (Å²) in [7, 11) is 1.94. The molecule has 0 bridgehead atoms. The van der Waals surface area contributed by atoms with Crippen LogP contribution >= 0.6 is 0 Å². The average molecular weight is 336 g/mol. The molecule has 5 heteroatoms. The first kappa shape index (κ1) is 16.1. The highest BCUT2D eigenvalue weighted by atomic mass is 16.3. The van der Waals surface area contributed by atoms with Crippen LogP contribution in [0.4, 0.5) is 5.69 Å². The second kappa shape index (κ2) is 6.15. The normalized spacial score (nSPS) is 20.6. The lowest BCUT2D eigenvalue weighted by Gasteiger charge is -2.24. The first-order valence-corrected chi connectivity index (χ1v) is 8.78. The number of fused-ring (bicyclic) bond motifs is 1. The van der Waals surface area contributed by atoms with E-state index in [1.54, 1.807) is 0 Å². The highest BCUT2D eigenvalue weighted by molar-refractivity contribution is 5.94. The molecule has 5 nitrogen and oxygen atoms in total. The van der Waals surface area contributed by atoms with Crippen molar-refractivity contribution in [3.63, 3.8) is 0 Å². The molecule has 1 aliphatic heterocycles. The van der Waals surface area contributed by atoms with Crippen LogP contribution in [0.25, 0.3) is 10.9 Å². The Morgan fingerprint density at radius 3 is 2.72 bits per heavy atom. The number of benzene rings is 1. The molecule has 2 aromatic heterocycles. The summed E-state index contributed by atoms with van der Waals surface area (Å²) in [6.07, 6.45) is 4.00. The molecule has 0 amide bonds. The van der Waals surface area contributed by atoms with Gasteiger partial charge in [0.2, 0.25) is 0 Å². The SMILES string of the molecule is Cc1nc2ccccc2c(N2C[C@@H](CO)[C@H](c3cnn(C)c3)C2)c1C. The van der Waals surface area contributed by atoms with Crippen molar-refractivity contribution in [3.05, 3.63) is 53.5 Å². The Morgan fingerprint density at radius 1 is 1.20 bits per heavy atom. The Bertz CT molecular complexity index is 917. The molecule has 0 saturated carbocycles. The minimum atomic E-state index is 0.192. The van der Waals surface area contributed by atoms with Crippen molar-refractivity contribution < 1.29 is 5.11 Å². The number of hydrogen-bond acceptors (Lipinski definition) is 4. The topological polar surface area (TPSA) is 54.2 Å². The predicted molar refractivity (Wildman–Crippen MR) is 100.0 cm³/mol. The monoisotopic (exact) mass is 336 g/mol. The van der Waals surface area contributed by atoms with Crippen LogP contribution in [0, 0.1) is 19.8 Å². The Kier molecular flexibility index (Phi) is 3.96. The summed E-state index contributed by atoms with van der Waals surface area (Å²) in [4.78, 5) is 7.16. The van der Waals surface area contributed by atoms with Crippen LogP contribution < -0.4 is 4.90 Å². The van der Waals surface area contributed by atoms with Gasteiger partial charge < -0.3 is 10.0 Å². The summed E-state index contributed by atoms with van der Waals surface area (Å²) in [6, 6.07) is 8.33. The quantitative estimate of drug-likeness (QED) is 0.799. The summed E-state index contributed by atoms with van der Waals surface area (Å²) >= 11 is 0. The van der Waals surface area contributed by atoms with E-state index in [9.17, 15) is 5.11 Å². The molecule has 1 aliphatic rings. The van der Waals surface area contributed by atoms with Gasteiger partial charge in [0, 0.05) is 55.9 Å². The number of nitrogens with zero attached hydrogens (tertiary/aromatic N) is 4. The number of aryl methyl sites for hydroxylation is 2. The van der Waals surface area contributed by atoms with Gasteiger partial charge in [-0.25, -0.2) is 0 Å². The zero-order chi connectivity index (χ0) is 17.6. The van der Waals surface area contributed by atoms with E-state index < -0.39 is 0 Å².